The van der Waals surface area contributed by atoms with Crippen LogP contribution in [0.1, 0.15) is 97.8 Å². The maximum atomic E-state index is 12.1. The highest BCUT2D eigenvalue weighted by Gasteiger charge is 2.46. The molecule has 0 bridgehead atoms. The van der Waals surface area contributed by atoms with E-state index in [9.17, 15) is 18.1 Å². The maximum Gasteiger partial charge on any atom is 0.298 e. The van der Waals surface area contributed by atoms with Crippen molar-refractivity contribution in [2.24, 2.45) is 22.2 Å². The SMILES string of the molecule is COc1c(O)c(C(C(C)(C)CC(C)C)C(C)(C)CC(C)(C)C)c(C)c(C)c1S(=O)(=O)O. The van der Waals surface area contributed by atoms with E-state index in [-0.39, 0.29) is 38.6 Å². The van der Waals surface area contributed by atoms with Crippen molar-refractivity contribution in [3.8, 4) is 11.5 Å². The monoisotopic (exact) mass is 456 g/mol. The molecule has 0 spiro atoms. The standard InChI is InChI=1S/C25H44O5S/c1-15(2)13-24(8,9)22(25(10,11)14-23(5,6)7)18-16(3)17(4)21(31(27,28)29)20(30-12)19(18)26/h15,22,26H,13-14H2,1-12H3,(H,27,28,29). The van der Waals surface area contributed by atoms with Crippen molar-refractivity contribution in [3.63, 3.8) is 0 Å². The lowest BCUT2D eigenvalue weighted by molar-refractivity contribution is 0.0765. The van der Waals surface area contributed by atoms with Crippen molar-refractivity contribution >= 4 is 10.1 Å². The topological polar surface area (TPSA) is 83.8 Å². The van der Waals surface area contributed by atoms with Gasteiger partial charge < -0.3 is 9.84 Å². The summed E-state index contributed by atoms with van der Waals surface area (Å²) in [4.78, 5) is -0.359. The second-order valence-corrected chi connectivity index (χ2v) is 13.5. The molecule has 0 aliphatic heterocycles. The fourth-order valence-corrected chi connectivity index (χ4v) is 7.24. The highest BCUT2D eigenvalue weighted by Crippen LogP contribution is 2.59. The first-order valence-corrected chi connectivity index (χ1v) is 12.5. The summed E-state index contributed by atoms with van der Waals surface area (Å²) in [5.41, 5.74) is 1.45. The van der Waals surface area contributed by atoms with Crippen LogP contribution in [0.4, 0.5) is 0 Å². The fraction of sp³-hybridized carbons (Fsp3) is 0.760. The highest BCUT2D eigenvalue weighted by molar-refractivity contribution is 7.86. The Morgan fingerprint density at radius 2 is 1.42 bits per heavy atom. The van der Waals surface area contributed by atoms with E-state index in [2.05, 4.69) is 62.3 Å². The molecule has 0 saturated carbocycles. The number of phenolic OH excluding ortho intramolecular Hbond substituents is 1. The first-order valence-electron chi connectivity index (χ1n) is 11.0. The van der Waals surface area contributed by atoms with Crippen LogP contribution in [-0.4, -0.2) is 25.2 Å². The number of aromatic hydroxyl groups is 1. The molecule has 0 radical (unpaired) electrons. The number of ether oxygens (including phenoxy) is 1. The van der Waals surface area contributed by atoms with Gasteiger partial charge in [0.05, 0.1) is 7.11 Å². The third kappa shape index (κ3) is 6.16. The van der Waals surface area contributed by atoms with Gasteiger partial charge in [0.1, 0.15) is 4.90 Å². The third-order valence-electron chi connectivity index (χ3n) is 6.22. The molecule has 0 aliphatic carbocycles. The van der Waals surface area contributed by atoms with Crippen LogP contribution in [0.3, 0.4) is 0 Å². The quantitative estimate of drug-likeness (QED) is 0.416. The molecule has 1 aromatic rings. The molecule has 1 unspecified atom stereocenters. The lowest BCUT2D eigenvalue weighted by atomic mass is 9.55. The summed E-state index contributed by atoms with van der Waals surface area (Å²) in [6.45, 7) is 23.4. The Kier molecular flexibility index (Phi) is 8.00. The molecule has 6 heteroatoms. The molecule has 1 aromatic carbocycles. The van der Waals surface area contributed by atoms with Gasteiger partial charge in [-0.3, -0.25) is 4.55 Å². The smallest absolute Gasteiger partial charge is 0.298 e. The number of benzene rings is 1. The Bertz CT molecular complexity index is 903. The molecule has 2 N–H and O–H groups in total. The average Bonchev–Trinajstić information content (AvgIpc) is 2.49. The summed E-state index contributed by atoms with van der Waals surface area (Å²) in [5.74, 6) is -0.00492. The molecule has 0 heterocycles. The second kappa shape index (κ2) is 8.93. The van der Waals surface area contributed by atoms with Crippen LogP contribution in [-0.2, 0) is 10.1 Å². The summed E-state index contributed by atoms with van der Waals surface area (Å²) in [7, 11) is -3.25. The van der Waals surface area contributed by atoms with Gasteiger partial charge in [0.25, 0.3) is 10.1 Å². The van der Waals surface area contributed by atoms with Crippen molar-refractivity contribution in [3.05, 3.63) is 16.7 Å². The summed E-state index contributed by atoms with van der Waals surface area (Å²) in [6, 6.07) is 0. The Morgan fingerprint density at radius 3 is 1.77 bits per heavy atom. The minimum Gasteiger partial charge on any atom is -0.504 e. The average molecular weight is 457 g/mol. The molecule has 1 rings (SSSR count). The second-order valence-electron chi connectivity index (χ2n) is 12.1. The summed E-state index contributed by atoms with van der Waals surface area (Å²) in [6.07, 6.45) is 1.85. The van der Waals surface area contributed by atoms with Crippen LogP contribution >= 0.6 is 0 Å². The van der Waals surface area contributed by atoms with Crippen LogP contribution < -0.4 is 4.74 Å². The number of phenols is 1. The molecule has 0 aromatic heterocycles. The van der Waals surface area contributed by atoms with E-state index in [0.29, 0.717) is 22.6 Å². The highest BCUT2D eigenvalue weighted by atomic mass is 32.2. The van der Waals surface area contributed by atoms with Crippen molar-refractivity contribution in [2.75, 3.05) is 7.11 Å². The normalized spacial score (nSPS) is 14.8. The van der Waals surface area contributed by atoms with Crippen LogP contribution in [0.25, 0.3) is 0 Å². The molecule has 0 amide bonds. The molecule has 1 atom stereocenters. The third-order valence-corrected chi connectivity index (χ3v) is 7.23. The zero-order valence-electron chi connectivity index (χ0n) is 21.6. The Hall–Kier alpha value is -1.27. The van der Waals surface area contributed by atoms with Gasteiger partial charge in [0.15, 0.2) is 11.5 Å². The van der Waals surface area contributed by atoms with E-state index in [0.717, 1.165) is 12.8 Å². The van der Waals surface area contributed by atoms with Gasteiger partial charge >= 0.3 is 0 Å². The Labute approximate surface area is 190 Å². The van der Waals surface area contributed by atoms with E-state index in [4.69, 9.17) is 4.74 Å². The van der Waals surface area contributed by atoms with E-state index >= 15 is 0 Å². The van der Waals surface area contributed by atoms with Gasteiger partial charge in [-0.2, -0.15) is 8.42 Å². The summed E-state index contributed by atoms with van der Waals surface area (Å²) in [5, 5.41) is 11.4. The van der Waals surface area contributed by atoms with Gasteiger partial charge in [0.2, 0.25) is 0 Å². The molecule has 0 aliphatic rings. The fourth-order valence-electron chi connectivity index (χ4n) is 6.28. The van der Waals surface area contributed by atoms with Gasteiger partial charge in [-0.1, -0.05) is 62.3 Å². The van der Waals surface area contributed by atoms with Gasteiger partial charge in [-0.15, -0.1) is 0 Å². The van der Waals surface area contributed by atoms with E-state index < -0.39 is 10.1 Å². The van der Waals surface area contributed by atoms with Crippen LogP contribution in [0.2, 0.25) is 0 Å². The molecule has 180 valence electrons. The lowest BCUT2D eigenvalue weighted by Crippen LogP contribution is -2.38. The number of hydrogen-bond donors (Lipinski definition) is 2. The van der Waals surface area contributed by atoms with E-state index in [1.807, 2.05) is 6.92 Å². The van der Waals surface area contributed by atoms with Gasteiger partial charge in [-0.05, 0) is 65.9 Å². The van der Waals surface area contributed by atoms with E-state index in [1.54, 1.807) is 6.92 Å². The van der Waals surface area contributed by atoms with Gasteiger partial charge in [-0.25, -0.2) is 0 Å². The summed E-state index contributed by atoms with van der Waals surface area (Å²) >= 11 is 0. The predicted octanol–water partition coefficient (Wildman–Crippen LogP) is 6.88. The Morgan fingerprint density at radius 1 is 0.935 bits per heavy atom. The molecular formula is C25H44O5S. The largest absolute Gasteiger partial charge is 0.504 e. The zero-order chi connectivity index (χ0) is 24.7. The minimum atomic E-state index is -4.57. The van der Waals surface area contributed by atoms with Crippen LogP contribution in [0.15, 0.2) is 4.90 Å². The van der Waals surface area contributed by atoms with Crippen LogP contribution in [0, 0.1) is 36.0 Å². The number of methoxy groups -OCH3 is 1. The zero-order valence-corrected chi connectivity index (χ0v) is 22.4. The minimum absolute atomic E-state index is 0.0622. The van der Waals surface area contributed by atoms with Crippen molar-refractivity contribution in [1.82, 2.24) is 0 Å². The molecular weight excluding hydrogens is 412 g/mol. The first-order chi connectivity index (χ1) is 13.7. The number of hydrogen-bond acceptors (Lipinski definition) is 4. The van der Waals surface area contributed by atoms with Crippen molar-refractivity contribution in [2.45, 2.75) is 99.8 Å². The number of rotatable bonds is 8. The maximum absolute atomic E-state index is 12.1. The first kappa shape index (κ1) is 27.8. The molecule has 0 saturated heterocycles. The lowest BCUT2D eigenvalue weighted by Gasteiger charge is -2.49. The van der Waals surface area contributed by atoms with Crippen LogP contribution in [0.5, 0.6) is 11.5 Å². The summed E-state index contributed by atoms with van der Waals surface area (Å²) < 4.78 is 39.4. The van der Waals surface area contributed by atoms with Crippen molar-refractivity contribution in [1.29, 1.82) is 0 Å². The molecule has 31 heavy (non-hydrogen) atoms. The van der Waals surface area contributed by atoms with E-state index in [1.165, 1.54) is 7.11 Å². The predicted molar refractivity (Wildman–Crippen MR) is 128 cm³/mol. The van der Waals surface area contributed by atoms with Gasteiger partial charge in [0, 0.05) is 5.56 Å². The molecule has 0 fully saturated rings. The Balaban J connectivity index is 4.08. The molecule has 5 nitrogen and oxygen atoms in total. The van der Waals surface area contributed by atoms with Crippen molar-refractivity contribution < 1.29 is 22.8 Å².